The normalized spacial score (nSPS) is 15.6. The number of hydrogen-bond donors (Lipinski definition) is 2. The Balaban J connectivity index is 1.97. The number of amides is 1. The Morgan fingerprint density at radius 1 is 1.35 bits per heavy atom. The third-order valence-electron chi connectivity index (χ3n) is 3.55. The average molecular weight is 351 g/mol. The van der Waals surface area contributed by atoms with Crippen LogP contribution in [0.1, 0.15) is 28.5 Å². The lowest BCUT2D eigenvalue weighted by atomic mass is 9.96. The number of fused-ring (bicyclic) bond motifs is 1. The first-order valence-electron chi connectivity index (χ1n) is 6.52. The smallest absolute Gasteiger partial charge is 0.224 e. The minimum absolute atomic E-state index is 0.108. The second kappa shape index (κ2) is 5.68. The fourth-order valence-electron chi connectivity index (χ4n) is 2.54. The predicted molar refractivity (Wildman–Crippen MR) is 86.3 cm³/mol. The number of benzene rings is 1. The summed E-state index contributed by atoms with van der Waals surface area (Å²) < 4.78 is 1.13. The minimum Gasteiger partial charge on any atom is -0.326 e. The zero-order chi connectivity index (χ0) is 14.1. The van der Waals surface area contributed by atoms with Crippen molar-refractivity contribution in [3.8, 4) is 0 Å². The van der Waals surface area contributed by atoms with Gasteiger partial charge in [-0.3, -0.25) is 4.79 Å². The zero-order valence-electron chi connectivity index (χ0n) is 11.1. The number of aryl methyl sites for hydroxylation is 1. The van der Waals surface area contributed by atoms with Crippen LogP contribution >= 0.6 is 27.3 Å². The van der Waals surface area contributed by atoms with E-state index in [0.717, 1.165) is 16.6 Å². The first-order valence-corrected chi connectivity index (χ1v) is 8.19. The molecule has 104 valence electrons. The third kappa shape index (κ3) is 2.53. The Labute approximate surface area is 130 Å². The third-order valence-corrected chi connectivity index (χ3v) is 5.49. The molecule has 2 heterocycles. The van der Waals surface area contributed by atoms with Gasteiger partial charge in [0.1, 0.15) is 0 Å². The van der Waals surface area contributed by atoms with E-state index in [9.17, 15) is 4.79 Å². The van der Waals surface area contributed by atoms with Crippen molar-refractivity contribution in [2.45, 2.75) is 18.9 Å². The number of rotatable bonds is 3. The van der Waals surface area contributed by atoms with Crippen molar-refractivity contribution in [1.29, 1.82) is 0 Å². The van der Waals surface area contributed by atoms with Gasteiger partial charge in [0.15, 0.2) is 0 Å². The molecule has 0 fully saturated rings. The summed E-state index contributed by atoms with van der Waals surface area (Å²) in [5, 5.41) is 8.38. The molecule has 2 aromatic rings. The van der Waals surface area contributed by atoms with Crippen LogP contribution in [0.5, 0.6) is 0 Å². The molecule has 20 heavy (non-hydrogen) atoms. The summed E-state index contributed by atoms with van der Waals surface area (Å²) in [4.78, 5) is 12.7. The quantitative estimate of drug-likeness (QED) is 0.885. The predicted octanol–water partition coefficient (Wildman–Crippen LogP) is 3.70. The first kappa shape index (κ1) is 13.8. The van der Waals surface area contributed by atoms with Gasteiger partial charge in [0.25, 0.3) is 0 Å². The van der Waals surface area contributed by atoms with Gasteiger partial charge in [-0.05, 0) is 58.0 Å². The van der Waals surface area contributed by atoms with Gasteiger partial charge in [0.2, 0.25) is 5.91 Å². The maximum absolute atomic E-state index is 11.4. The van der Waals surface area contributed by atoms with Crippen molar-refractivity contribution in [2.75, 3.05) is 12.4 Å². The number of nitrogens with one attached hydrogen (secondary N) is 2. The van der Waals surface area contributed by atoms with Crippen molar-refractivity contribution in [3.05, 3.63) is 50.1 Å². The van der Waals surface area contributed by atoms with E-state index in [-0.39, 0.29) is 11.9 Å². The van der Waals surface area contributed by atoms with Crippen LogP contribution in [0.4, 0.5) is 5.69 Å². The molecule has 0 saturated heterocycles. The van der Waals surface area contributed by atoms with Crippen LogP contribution in [-0.4, -0.2) is 13.0 Å². The maximum atomic E-state index is 11.4. The van der Waals surface area contributed by atoms with Gasteiger partial charge in [0, 0.05) is 21.5 Å². The van der Waals surface area contributed by atoms with Crippen LogP contribution < -0.4 is 10.6 Å². The topological polar surface area (TPSA) is 41.1 Å². The highest BCUT2D eigenvalue weighted by Crippen LogP contribution is 2.35. The molecule has 0 saturated carbocycles. The maximum Gasteiger partial charge on any atom is 0.224 e. The van der Waals surface area contributed by atoms with Gasteiger partial charge in [-0.2, -0.15) is 0 Å². The average Bonchev–Trinajstić information content (AvgIpc) is 2.86. The molecule has 1 amide bonds. The van der Waals surface area contributed by atoms with E-state index >= 15 is 0 Å². The Morgan fingerprint density at radius 2 is 2.20 bits per heavy atom. The van der Waals surface area contributed by atoms with E-state index in [1.165, 1.54) is 16.0 Å². The molecule has 3 nitrogen and oxygen atoms in total. The van der Waals surface area contributed by atoms with Crippen molar-refractivity contribution in [3.63, 3.8) is 0 Å². The van der Waals surface area contributed by atoms with E-state index in [1.807, 2.05) is 13.1 Å². The van der Waals surface area contributed by atoms with E-state index in [2.05, 4.69) is 50.1 Å². The van der Waals surface area contributed by atoms with Gasteiger partial charge in [0.05, 0.1) is 6.04 Å². The molecule has 1 aliphatic rings. The molecule has 0 spiro atoms. The van der Waals surface area contributed by atoms with Crippen molar-refractivity contribution < 1.29 is 4.79 Å². The van der Waals surface area contributed by atoms with Crippen LogP contribution in [0.25, 0.3) is 0 Å². The number of carbonyl (C=O) groups excluding carboxylic acids is 1. The summed E-state index contributed by atoms with van der Waals surface area (Å²) in [5.41, 5.74) is 3.39. The van der Waals surface area contributed by atoms with E-state index in [1.54, 1.807) is 11.3 Å². The summed E-state index contributed by atoms with van der Waals surface area (Å²) in [6.45, 7) is 0. The van der Waals surface area contributed by atoms with E-state index in [4.69, 9.17) is 0 Å². The minimum atomic E-state index is 0.108. The van der Waals surface area contributed by atoms with E-state index < -0.39 is 0 Å². The van der Waals surface area contributed by atoms with Crippen LogP contribution in [-0.2, 0) is 11.2 Å². The second-order valence-electron chi connectivity index (χ2n) is 4.82. The molecular weight excluding hydrogens is 336 g/mol. The highest BCUT2D eigenvalue weighted by atomic mass is 79.9. The van der Waals surface area contributed by atoms with E-state index in [0.29, 0.717) is 6.42 Å². The van der Waals surface area contributed by atoms with Gasteiger partial charge in [-0.25, -0.2) is 0 Å². The lowest BCUT2D eigenvalue weighted by Gasteiger charge is -2.21. The Hall–Kier alpha value is -1.17. The second-order valence-corrected chi connectivity index (χ2v) is 6.62. The van der Waals surface area contributed by atoms with Crippen LogP contribution in [0, 0.1) is 0 Å². The summed E-state index contributed by atoms with van der Waals surface area (Å²) in [6, 6.07) is 8.53. The molecule has 1 aliphatic heterocycles. The zero-order valence-corrected chi connectivity index (χ0v) is 13.5. The van der Waals surface area contributed by atoms with Crippen LogP contribution in [0.15, 0.2) is 34.1 Å². The molecule has 0 bridgehead atoms. The molecular formula is C15H15BrN2OS. The number of hydrogen-bond acceptors (Lipinski definition) is 3. The monoisotopic (exact) mass is 350 g/mol. The largest absolute Gasteiger partial charge is 0.326 e. The molecule has 2 N–H and O–H groups in total. The molecule has 1 aromatic carbocycles. The lowest BCUT2D eigenvalue weighted by Crippen LogP contribution is -2.21. The highest BCUT2D eigenvalue weighted by Gasteiger charge is 2.20. The first-order chi connectivity index (χ1) is 9.69. The number of anilines is 1. The number of halogens is 1. The lowest BCUT2D eigenvalue weighted by molar-refractivity contribution is -0.116. The molecule has 1 aromatic heterocycles. The molecule has 0 radical (unpaired) electrons. The van der Waals surface area contributed by atoms with Crippen molar-refractivity contribution in [1.82, 2.24) is 5.32 Å². The number of carbonyl (C=O) groups is 1. The molecule has 3 rings (SSSR count). The van der Waals surface area contributed by atoms with Gasteiger partial charge < -0.3 is 10.6 Å². The van der Waals surface area contributed by atoms with Crippen LogP contribution in [0.2, 0.25) is 0 Å². The van der Waals surface area contributed by atoms with Gasteiger partial charge in [-0.15, -0.1) is 11.3 Å². The molecule has 1 unspecified atom stereocenters. The fraction of sp³-hybridized carbons (Fsp3) is 0.267. The van der Waals surface area contributed by atoms with Gasteiger partial charge in [-0.1, -0.05) is 12.1 Å². The highest BCUT2D eigenvalue weighted by molar-refractivity contribution is 9.10. The molecule has 1 atom stereocenters. The number of thiophene rings is 1. The SMILES string of the molecule is CNC(c1ccc2c(c1)CCC(=O)N2)c1sccc1Br. The summed E-state index contributed by atoms with van der Waals surface area (Å²) >= 11 is 5.34. The summed E-state index contributed by atoms with van der Waals surface area (Å²) in [7, 11) is 1.97. The molecule has 0 aliphatic carbocycles. The Bertz CT molecular complexity index is 653. The Morgan fingerprint density at radius 3 is 2.90 bits per heavy atom. The molecule has 5 heteroatoms. The Kier molecular flexibility index (Phi) is 3.92. The van der Waals surface area contributed by atoms with Gasteiger partial charge >= 0.3 is 0 Å². The summed E-state index contributed by atoms with van der Waals surface area (Å²) in [5.74, 6) is 0.108. The standard InChI is InChI=1S/C15H15BrN2OS/c1-17-14(15-11(16)6-7-20-15)10-2-4-12-9(8-10)3-5-13(19)18-12/h2,4,6-8,14,17H,3,5H2,1H3,(H,18,19). The van der Waals surface area contributed by atoms with Crippen molar-refractivity contribution in [2.24, 2.45) is 0 Å². The van der Waals surface area contributed by atoms with Crippen LogP contribution in [0.3, 0.4) is 0 Å². The summed E-state index contributed by atoms with van der Waals surface area (Å²) in [6.07, 6.45) is 1.39. The fourth-order valence-corrected chi connectivity index (χ4v) is 4.28. The van der Waals surface area contributed by atoms with Crippen molar-refractivity contribution >= 4 is 38.9 Å².